The Bertz CT molecular complexity index is 994. The third-order valence-corrected chi connectivity index (χ3v) is 8.15. The largest absolute Gasteiger partial charge is 0.352 e. The molecule has 0 aliphatic carbocycles. The van der Waals surface area contributed by atoms with Gasteiger partial charge >= 0.3 is 0 Å². The molecule has 1 aromatic carbocycles. The lowest BCUT2D eigenvalue weighted by molar-refractivity contribution is -0.126. The summed E-state index contributed by atoms with van der Waals surface area (Å²) in [6.07, 6.45) is 3.57. The van der Waals surface area contributed by atoms with Crippen LogP contribution in [0.3, 0.4) is 0 Å². The number of aromatic nitrogens is 2. The van der Waals surface area contributed by atoms with Crippen molar-refractivity contribution in [1.29, 1.82) is 0 Å². The van der Waals surface area contributed by atoms with Crippen molar-refractivity contribution in [3.63, 3.8) is 0 Å². The first-order valence-electron chi connectivity index (χ1n) is 10.9. The summed E-state index contributed by atoms with van der Waals surface area (Å²) in [6, 6.07) is 10.5. The number of aryl methyl sites for hydroxylation is 2. The summed E-state index contributed by atoms with van der Waals surface area (Å²) in [5.74, 6) is 0.572. The number of sulfonamides is 1. The number of hydrogen-bond donors (Lipinski definition) is 1. The Labute approximate surface area is 184 Å². The second-order valence-corrected chi connectivity index (χ2v) is 10.5. The van der Waals surface area contributed by atoms with Crippen LogP contribution in [0, 0.1) is 12.8 Å². The predicted octanol–water partition coefficient (Wildman–Crippen LogP) is 1.52. The number of piperidine rings is 1. The van der Waals surface area contributed by atoms with Crippen LogP contribution in [-0.2, 0) is 28.4 Å². The lowest BCUT2D eigenvalue weighted by Gasteiger charge is -2.30. The van der Waals surface area contributed by atoms with Crippen LogP contribution in [0.15, 0.2) is 41.6 Å². The molecule has 2 fully saturated rings. The smallest absolute Gasteiger partial charge is 0.262 e. The fourth-order valence-electron chi connectivity index (χ4n) is 4.40. The van der Waals surface area contributed by atoms with Crippen molar-refractivity contribution in [2.75, 3.05) is 26.2 Å². The lowest BCUT2D eigenvalue weighted by atomic mass is 9.97. The standard InChI is InChI=1S/C22H31N5O3S/c1-17-23-21(16-25(17)2)31(29,30)27-12-8-19(9-13-27)22(28)24-20-10-11-26(15-20)14-18-6-4-3-5-7-18/h3-7,16,19-20H,8-15H2,1-2H3,(H,24,28). The second kappa shape index (κ2) is 9.10. The summed E-state index contributed by atoms with van der Waals surface area (Å²) in [4.78, 5) is 19.3. The van der Waals surface area contributed by atoms with Crippen molar-refractivity contribution in [3.8, 4) is 0 Å². The molecule has 1 N–H and O–H groups in total. The van der Waals surface area contributed by atoms with E-state index in [9.17, 15) is 13.2 Å². The fourth-order valence-corrected chi connectivity index (χ4v) is 5.89. The van der Waals surface area contributed by atoms with Gasteiger partial charge < -0.3 is 9.88 Å². The summed E-state index contributed by atoms with van der Waals surface area (Å²) in [7, 11) is -1.83. The molecule has 0 radical (unpaired) electrons. The Morgan fingerprint density at radius 2 is 1.84 bits per heavy atom. The van der Waals surface area contributed by atoms with Crippen molar-refractivity contribution in [2.24, 2.45) is 13.0 Å². The van der Waals surface area contributed by atoms with Gasteiger partial charge in [0.1, 0.15) is 5.82 Å². The molecule has 2 aromatic rings. The number of benzene rings is 1. The van der Waals surface area contributed by atoms with Crippen molar-refractivity contribution >= 4 is 15.9 Å². The van der Waals surface area contributed by atoms with E-state index in [4.69, 9.17) is 0 Å². The maximum absolute atomic E-state index is 12.8. The zero-order valence-corrected chi connectivity index (χ0v) is 19.0. The molecule has 1 atom stereocenters. The van der Waals surface area contributed by atoms with Crippen LogP contribution >= 0.6 is 0 Å². The van der Waals surface area contributed by atoms with Crippen molar-refractivity contribution in [2.45, 2.75) is 43.8 Å². The molecule has 2 aliphatic rings. The summed E-state index contributed by atoms with van der Waals surface area (Å²) < 4.78 is 28.8. The highest BCUT2D eigenvalue weighted by molar-refractivity contribution is 7.89. The highest BCUT2D eigenvalue weighted by Gasteiger charge is 2.34. The number of imidazole rings is 1. The molecule has 1 unspecified atom stereocenters. The van der Waals surface area contributed by atoms with Gasteiger partial charge in [0, 0.05) is 57.9 Å². The molecule has 168 valence electrons. The quantitative estimate of drug-likeness (QED) is 0.729. The van der Waals surface area contributed by atoms with Gasteiger partial charge in [-0.1, -0.05) is 30.3 Å². The van der Waals surface area contributed by atoms with Crippen LogP contribution < -0.4 is 5.32 Å². The molecule has 2 aliphatic heterocycles. The van der Waals surface area contributed by atoms with E-state index in [-0.39, 0.29) is 22.9 Å². The minimum atomic E-state index is -3.61. The molecule has 0 bridgehead atoms. The SMILES string of the molecule is Cc1nc(S(=O)(=O)N2CCC(C(=O)NC3CCN(Cc4ccccc4)C3)CC2)cn1C. The number of nitrogens with zero attached hydrogens (tertiary/aromatic N) is 4. The molecule has 9 heteroatoms. The van der Waals surface area contributed by atoms with E-state index < -0.39 is 10.0 Å². The van der Waals surface area contributed by atoms with E-state index in [1.54, 1.807) is 24.7 Å². The van der Waals surface area contributed by atoms with E-state index in [0.29, 0.717) is 31.8 Å². The Kier molecular flexibility index (Phi) is 6.45. The molecule has 0 saturated carbocycles. The predicted molar refractivity (Wildman–Crippen MR) is 118 cm³/mol. The van der Waals surface area contributed by atoms with E-state index >= 15 is 0 Å². The highest BCUT2D eigenvalue weighted by atomic mass is 32.2. The summed E-state index contributed by atoms with van der Waals surface area (Å²) in [5, 5.41) is 3.28. The Balaban J connectivity index is 1.26. The molecule has 31 heavy (non-hydrogen) atoms. The number of likely N-dealkylation sites (tertiary alicyclic amines) is 1. The number of amides is 1. The average Bonchev–Trinajstić information content (AvgIpc) is 3.35. The Morgan fingerprint density at radius 1 is 1.13 bits per heavy atom. The fraction of sp³-hybridized carbons (Fsp3) is 0.545. The first-order chi connectivity index (χ1) is 14.8. The lowest BCUT2D eigenvalue weighted by Crippen LogP contribution is -2.46. The first-order valence-corrected chi connectivity index (χ1v) is 12.3. The van der Waals surface area contributed by atoms with Crippen molar-refractivity contribution < 1.29 is 13.2 Å². The highest BCUT2D eigenvalue weighted by Crippen LogP contribution is 2.24. The minimum Gasteiger partial charge on any atom is -0.352 e. The molecule has 1 aromatic heterocycles. The van der Waals surface area contributed by atoms with E-state index in [1.165, 1.54) is 9.87 Å². The van der Waals surface area contributed by atoms with Gasteiger partial charge in [-0.3, -0.25) is 9.69 Å². The van der Waals surface area contributed by atoms with Gasteiger partial charge in [0.15, 0.2) is 5.03 Å². The van der Waals surface area contributed by atoms with Crippen LogP contribution in [0.25, 0.3) is 0 Å². The number of carbonyl (C=O) groups is 1. The van der Waals surface area contributed by atoms with Crippen molar-refractivity contribution in [3.05, 3.63) is 47.9 Å². The number of nitrogens with one attached hydrogen (secondary N) is 1. The Morgan fingerprint density at radius 3 is 2.48 bits per heavy atom. The van der Waals surface area contributed by atoms with Gasteiger partial charge in [-0.15, -0.1) is 0 Å². The normalized spacial score (nSPS) is 21.4. The number of hydrogen-bond acceptors (Lipinski definition) is 5. The monoisotopic (exact) mass is 445 g/mol. The first kappa shape index (κ1) is 22.0. The number of rotatable bonds is 6. The van der Waals surface area contributed by atoms with Crippen LogP contribution in [0.1, 0.15) is 30.7 Å². The van der Waals surface area contributed by atoms with Gasteiger partial charge in [-0.2, -0.15) is 4.31 Å². The summed E-state index contributed by atoms with van der Waals surface area (Å²) in [5.41, 5.74) is 1.28. The Hall–Kier alpha value is -2.23. The third-order valence-electron chi connectivity index (χ3n) is 6.38. The van der Waals surface area contributed by atoms with Gasteiger partial charge in [0.05, 0.1) is 0 Å². The molecular formula is C22H31N5O3S. The van der Waals surface area contributed by atoms with E-state index in [2.05, 4.69) is 27.3 Å². The van der Waals surface area contributed by atoms with Crippen LogP contribution in [0.5, 0.6) is 0 Å². The van der Waals surface area contributed by atoms with Gasteiger partial charge in [0.25, 0.3) is 10.0 Å². The molecule has 1 amide bonds. The summed E-state index contributed by atoms with van der Waals surface area (Å²) in [6.45, 7) is 5.20. The maximum atomic E-state index is 12.8. The number of carbonyl (C=O) groups excluding carboxylic acids is 1. The van der Waals surface area contributed by atoms with E-state index in [0.717, 1.165) is 26.1 Å². The second-order valence-electron chi connectivity index (χ2n) is 8.63. The molecular weight excluding hydrogens is 414 g/mol. The molecule has 8 nitrogen and oxygen atoms in total. The maximum Gasteiger partial charge on any atom is 0.262 e. The average molecular weight is 446 g/mol. The third kappa shape index (κ3) is 4.99. The topological polar surface area (TPSA) is 87.5 Å². The zero-order valence-electron chi connectivity index (χ0n) is 18.2. The van der Waals surface area contributed by atoms with Crippen LogP contribution in [-0.4, -0.2) is 65.3 Å². The van der Waals surface area contributed by atoms with Gasteiger partial charge in [-0.05, 0) is 31.7 Å². The minimum absolute atomic E-state index is 0.0530. The molecule has 4 rings (SSSR count). The van der Waals surface area contributed by atoms with E-state index in [1.807, 2.05) is 18.2 Å². The van der Waals surface area contributed by atoms with Gasteiger partial charge in [-0.25, -0.2) is 13.4 Å². The zero-order chi connectivity index (χ0) is 22.0. The van der Waals surface area contributed by atoms with Crippen LogP contribution in [0.2, 0.25) is 0 Å². The molecule has 2 saturated heterocycles. The van der Waals surface area contributed by atoms with Crippen molar-refractivity contribution in [1.82, 2.24) is 24.1 Å². The molecule has 3 heterocycles. The van der Waals surface area contributed by atoms with Gasteiger partial charge in [0.2, 0.25) is 5.91 Å². The van der Waals surface area contributed by atoms with Crippen LogP contribution in [0.4, 0.5) is 0 Å². The molecule has 0 spiro atoms. The summed E-state index contributed by atoms with van der Waals surface area (Å²) >= 11 is 0.